The first-order chi connectivity index (χ1) is 22.4. The highest BCUT2D eigenvalue weighted by atomic mass is 35.5. The lowest BCUT2D eigenvalue weighted by Crippen LogP contribution is -2.35. The van der Waals surface area contributed by atoms with Gasteiger partial charge in [0, 0.05) is 42.3 Å². The molecule has 0 radical (unpaired) electrons. The molecule has 0 amide bonds. The molecular weight excluding hydrogens is 609 g/mol. The number of aromatic nitrogens is 6. The number of likely N-dealkylation sites (tertiary alicyclic amines) is 1. The molecule has 0 bridgehead atoms. The van der Waals surface area contributed by atoms with Gasteiger partial charge in [0.2, 0.25) is 0 Å². The van der Waals surface area contributed by atoms with Crippen molar-refractivity contribution in [1.29, 1.82) is 0 Å². The van der Waals surface area contributed by atoms with E-state index < -0.39 is 11.6 Å². The Hall–Kier alpha value is -4.06. The molecule has 0 spiro atoms. The third-order valence-corrected chi connectivity index (χ3v) is 9.63. The molecule has 0 aliphatic carbocycles. The SMILES string of the molecule is CCc1nc(-c2cnc3c(c2)nc(CN2CCC(c4cccc5c4OC(C)(c4ccc(Cl)cc4F)O5)CC2)n3C[C@@H]2CCO2)n[nH]1. The number of fused-ring (bicyclic) bond motifs is 2. The minimum Gasteiger partial charge on any atom is -0.444 e. The Morgan fingerprint density at radius 1 is 1.09 bits per heavy atom. The molecule has 238 valence electrons. The molecule has 10 nitrogen and oxygen atoms in total. The summed E-state index contributed by atoms with van der Waals surface area (Å²) < 4.78 is 35.5. The molecule has 2 aromatic carbocycles. The number of nitrogens with zero attached hydrogens (tertiary/aromatic N) is 6. The van der Waals surface area contributed by atoms with E-state index in [-0.39, 0.29) is 12.0 Å². The van der Waals surface area contributed by atoms with Crippen LogP contribution in [0.5, 0.6) is 11.5 Å². The van der Waals surface area contributed by atoms with Crippen molar-refractivity contribution in [1.82, 2.24) is 34.6 Å². The van der Waals surface area contributed by atoms with Gasteiger partial charge >= 0.3 is 0 Å². The summed E-state index contributed by atoms with van der Waals surface area (Å²) in [6, 6.07) is 12.6. The second-order valence-corrected chi connectivity index (χ2v) is 12.9. The third-order valence-electron chi connectivity index (χ3n) is 9.39. The van der Waals surface area contributed by atoms with Crippen LogP contribution in [-0.4, -0.2) is 60.4 Å². The number of halogens is 2. The molecule has 1 N–H and O–H groups in total. The Morgan fingerprint density at radius 2 is 1.93 bits per heavy atom. The van der Waals surface area contributed by atoms with Gasteiger partial charge in [0.15, 0.2) is 23.0 Å². The molecule has 2 fully saturated rings. The van der Waals surface area contributed by atoms with E-state index in [0.29, 0.717) is 34.5 Å². The van der Waals surface area contributed by atoms with Gasteiger partial charge in [0.25, 0.3) is 5.79 Å². The molecule has 8 rings (SSSR count). The van der Waals surface area contributed by atoms with Gasteiger partial charge in [-0.3, -0.25) is 10.00 Å². The zero-order chi connectivity index (χ0) is 31.4. The van der Waals surface area contributed by atoms with Crippen molar-refractivity contribution >= 4 is 22.8 Å². The molecule has 46 heavy (non-hydrogen) atoms. The second-order valence-electron chi connectivity index (χ2n) is 12.4. The molecule has 2 atom stereocenters. The van der Waals surface area contributed by atoms with Crippen LogP contribution in [0.4, 0.5) is 4.39 Å². The van der Waals surface area contributed by atoms with E-state index in [1.54, 1.807) is 19.1 Å². The smallest absolute Gasteiger partial charge is 0.278 e. The average Bonchev–Trinajstić information content (AvgIpc) is 3.74. The van der Waals surface area contributed by atoms with Gasteiger partial charge in [-0.25, -0.2) is 19.3 Å². The zero-order valence-electron chi connectivity index (χ0n) is 25.8. The Morgan fingerprint density at radius 3 is 2.67 bits per heavy atom. The number of nitrogens with one attached hydrogen (secondary N) is 1. The molecular formula is C34H35ClFN7O3. The van der Waals surface area contributed by atoms with Crippen molar-refractivity contribution < 1.29 is 18.6 Å². The van der Waals surface area contributed by atoms with Crippen molar-refractivity contribution in [2.24, 2.45) is 0 Å². The average molecular weight is 644 g/mol. The molecule has 12 heteroatoms. The fraction of sp³-hybridized carbons (Fsp3) is 0.412. The number of aromatic amines is 1. The lowest BCUT2D eigenvalue weighted by Gasteiger charge is -2.33. The summed E-state index contributed by atoms with van der Waals surface area (Å²) in [4.78, 5) is 16.9. The largest absolute Gasteiger partial charge is 0.444 e. The first-order valence-corrected chi connectivity index (χ1v) is 16.3. The summed E-state index contributed by atoms with van der Waals surface area (Å²) in [6.45, 7) is 7.84. The van der Waals surface area contributed by atoms with Crippen molar-refractivity contribution in [3.05, 3.63) is 82.3 Å². The number of hydrogen-bond donors (Lipinski definition) is 1. The van der Waals surface area contributed by atoms with Crippen LogP contribution in [0.1, 0.15) is 61.8 Å². The highest BCUT2D eigenvalue weighted by molar-refractivity contribution is 6.30. The standard InChI is InChI=1S/C34H35ClFN7O3/c1-3-29-39-32(41-40-29)21-15-27-33(37-17-21)43(18-23-11-14-44-23)30(38-27)19-42-12-9-20(10-13-42)24-5-4-6-28-31(24)46-34(2,45-28)25-8-7-22(35)16-26(25)36/h4-8,15-17,20,23H,3,9-14,18-19H2,1-2H3,(H,39,40,41)/t23-,34?/m0/s1. The number of imidazole rings is 1. The van der Waals surface area contributed by atoms with E-state index >= 15 is 0 Å². The number of piperidine rings is 1. The minimum absolute atomic E-state index is 0.179. The summed E-state index contributed by atoms with van der Waals surface area (Å²) in [5.41, 5.74) is 3.95. The highest BCUT2D eigenvalue weighted by Crippen LogP contribution is 2.50. The number of hydrogen-bond acceptors (Lipinski definition) is 8. The number of rotatable bonds is 8. The van der Waals surface area contributed by atoms with E-state index in [4.69, 9.17) is 35.8 Å². The quantitative estimate of drug-likeness (QED) is 0.208. The maximum absolute atomic E-state index is 14.9. The molecule has 3 aromatic heterocycles. The minimum atomic E-state index is -1.27. The van der Waals surface area contributed by atoms with Gasteiger partial charge < -0.3 is 18.8 Å². The van der Waals surface area contributed by atoms with Crippen LogP contribution in [0.2, 0.25) is 5.02 Å². The van der Waals surface area contributed by atoms with Gasteiger partial charge in [-0.1, -0.05) is 30.7 Å². The van der Waals surface area contributed by atoms with Crippen LogP contribution in [0, 0.1) is 5.82 Å². The Kier molecular flexibility index (Phi) is 7.42. The number of ether oxygens (including phenoxy) is 3. The van der Waals surface area contributed by atoms with E-state index in [1.165, 1.54) is 6.07 Å². The van der Waals surface area contributed by atoms with E-state index in [1.807, 2.05) is 31.3 Å². The van der Waals surface area contributed by atoms with Crippen molar-refractivity contribution in [2.45, 2.75) is 70.4 Å². The van der Waals surface area contributed by atoms with Gasteiger partial charge in [0.05, 0.1) is 24.8 Å². The summed E-state index contributed by atoms with van der Waals surface area (Å²) in [5.74, 6) is 2.34. The fourth-order valence-corrected chi connectivity index (χ4v) is 6.91. The predicted octanol–water partition coefficient (Wildman–Crippen LogP) is 6.38. The first kappa shape index (κ1) is 29.3. The van der Waals surface area contributed by atoms with Crippen LogP contribution in [-0.2, 0) is 30.0 Å². The molecule has 3 aliphatic heterocycles. The Bertz CT molecular complexity index is 1920. The third kappa shape index (κ3) is 5.30. The van der Waals surface area contributed by atoms with Gasteiger partial charge in [0.1, 0.15) is 23.0 Å². The monoisotopic (exact) mass is 643 g/mol. The fourth-order valence-electron chi connectivity index (χ4n) is 6.75. The zero-order valence-corrected chi connectivity index (χ0v) is 26.6. The maximum Gasteiger partial charge on any atom is 0.278 e. The first-order valence-electron chi connectivity index (χ1n) is 15.9. The number of benzene rings is 2. The van der Waals surface area contributed by atoms with E-state index in [9.17, 15) is 4.39 Å². The van der Waals surface area contributed by atoms with Gasteiger partial charge in [-0.2, -0.15) is 5.10 Å². The topological polar surface area (TPSA) is 103 Å². The van der Waals surface area contributed by atoms with Crippen LogP contribution < -0.4 is 9.47 Å². The van der Waals surface area contributed by atoms with Crippen LogP contribution >= 0.6 is 11.6 Å². The Balaban J connectivity index is 0.997. The molecule has 1 unspecified atom stereocenters. The van der Waals surface area contributed by atoms with Crippen molar-refractivity contribution in [2.75, 3.05) is 19.7 Å². The maximum atomic E-state index is 14.9. The van der Waals surface area contributed by atoms with Crippen LogP contribution in [0.25, 0.3) is 22.6 Å². The van der Waals surface area contributed by atoms with Gasteiger partial charge in [-0.05, 0) is 68.6 Å². The van der Waals surface area contributed by atoms with E-state index in [0.717, 1.165) is 85.9 Å². The molecule has 3 aliphatic rings. The molecule has 2 saturated heterocycles. The highest BCUT2D eigenvalue weighted by Gasteiger charge is 2.43. The predicted molar refractivity (Wildman–Crippen MR) is 170 cm³/mol. The summed E-state index contributed by atoms with van der Waals surface area (Å²) >= 11 is 6.00. The second kappa shape index (κ2) is 11.6. The number of pyridine rings is 1. The lowest BCUT2D eigenvalue weighted by atomic mass is 9.88. The normalized spacial score (nSPS) is 21.6. The van der Waals surface area contributed by atoms with Gasteiger partial charge in [-0.15, -0.1) is 0 Å². The summed E-state index contributed by atoms with van der Waals surface area (Å²) in [7, 11) is 0. The molecule has 0 saturated carbocycles. The van der Waals surface area contributed by atoms with Crippen molar-refractivity contribution in [3.8, 4) is 22.9 Å². The van der Waals surface area contributed by atoms with Crippen LogP contribution in [0.3, 0.4) is 0 Å². The summed E-state index contributed by atoms with van der Waals surface area (Å²) in [5, 5.41) is 7.68. The number of aryl methyl sites for hydroxylation is 1. The summed E-state index contributed by atoms with van der Waals surface area (Å²) in [6.07, 6.45) is 5.73. The number of H-pyrrole nitrogens is 1. The van der Waals surface area contributed by atoms with Crippen molar-refractivity contribution in [3.63, 3.8) is 0 Å². The van der Waals surface area contributed by atoms with Crippen LogP contribution in [0.15, 0.2) is 48.7 Å². The Labute approximate surface area is 270 Å². The molecule has 6 heterocycles. The lowest BCUT2D eigenvalue weighted by molar-refractivity contribution is -0.0712. The number of para-hydroxylation sites is 1. The van der Waals surface area contributed by atoms with E-state index in [2.05, 4.69) is 30.7 Å². The molecule has 5 aromatic rings.